The van der Waals surface area contributed by atoms with E-state index in [1.54, 1.807) is 20.1 Å². The fraction of sp³-hybridized carbons (Fsp3) is 0.395. The highest BCUT2D eigenvalue weighted by Gasteiger charge is 2.40. The molecule has 0 bridgehead atoms. The monoisotopic (exact) mass is 742 g/mol. The lowest BCUT2D eigenvalue weighted by atomic mass is 9.89. The zero-order valence-electron chi connectivity index (χ0n) is 31.3. The summed E-state index contributed by atoms with van der Waals surface area (Å²) in [5, 5.41) is 21.4. The molecule has 2 N–H and O–H groups in total. The normalized spacial score (nSPS) is 15.8. The SMILES string of the molecule is COc1ccc(CO[C@@H](C)C[C@@H](O)CC(=O)[C@@H](C)Cc2c(OCOCc3ccccc3)cc3c(c2OCOCc2ccccc2)C(=O)O[C@@H]3[C@H](C)O)cc1. The maximum Gasteiger partial charge on any atom is 0.343 e. The Labute approximate surface area is 316 Å². The molecule has 11 heteroatoms. The highest BCUT2D eigenvalue weighted by molar-refractivity contribution is 5.98. The van der Waals surface area contributed by atoms with Crippen LogP contribution >= 0.6 is 0 Å². The smallest absolute Gasteiger partial charge is 0.343 e. The largest absolute Gasteiger partial charge is 0.497 e. The van der Waals surface area contributed by atoms with E-state index in [1.165, 1.54) is 6.92 Å². The van der Waals surface area contributed by atoms with E-state index >= 15 is 0 Å². The number of hydrogen-bond acceptors (Lipinski definition) is 11. The molecular weight excluding hydrogens is 692 g/mol. The van der Waals surface area contributed by atoms with Crippen LogP contribution in [0.4, 0.5) is 0 Å². The van der Waals surface area contributed by atoms with E-state index in [4.69, 9.17) is 33.2 Å². The summed E-state index contributed by atoms with van der Waals surface area (Å²) in [5.41, 5.74) is 3.83. The number of ketones is 1. The molecule has 0 unspecified atom stereocenters. The van der Waals surface area contributed by atoms with Crippen LogP contribution in [0.2, 0.25) is 0 Å². The molecule has 0 spiro atoms. The molecule has 0 aromatic heterocycles. The van der Waals surface area contributed by atoms with Crippen molar-refractivity contribution in [2.75, 3.05) is 20.7 Å². The van der Waals surface area contributed by atoms with Crippen LogP contribution in [0.25, 0.3) is 0 Å². The summed E-state index contributed by atoms with van der Waals surface area (Å²) in [6, 6.07) is 28.4. The Balaban J connectivity index is 1.32. The van der Waals surface area contributed by atoms with Gasteiger partial charge in [0.05, 0.1) is 45.2 Å². The lowest BCUT2D eigenvalue weighted by molar-refractivity contribution is -0.124. The Bertz CT molecular complexity index is 1780. The molecule has 1 heterocycles. The van der Waals surface area contributed by atoms with Crippen molar-refractivity contribution < 1.29 is 53.0 Å². The second-order valence-electron chi connectivity index (χ2n) is 13.5. The van der Waals surface area contributed by atoms with Gasteiger partial charge in [0, 0.05) is 23.5 Å². The van der Waals surface area contributed by atoms with E-state index in [-0.39, 0.29) is 62.7 Å². The maximum absolute atomic E-state index is 13.6. The van der Waals surface area contributed by atoms with Crippen molar-refractivity contribution in [2.45, 2.75) is 84.3 Å². The van der Waals surface area contributed by atoms with Crippen LogP contribution < -0.4 is 14.2 Å². The van der Waals surface area contributed by atoms with Crippen LogP contribution in [0.1, 0.15) is 77.9 Å². The van der Waals surface area contributed by atoms with Crippen LogP contribution in [0, 0.1) is 5.92 Å². The number of Topliss-reactive ketones (excluding diaryl/α,β-unsaturated/α-hetero) is 1. The van der Waals surface area contributed by atoms with Crippen molar-refractivity contribution in [3.63, 3.8) is 0 Å². The minimum Gasteiger partial charge on any atom is -0.497 e. The number of ether oxygens (including phenoxy) is 7. The average Bonchev–Trinajstić information content (AvgIpc) is 3.51. The molecule has 0 radical (unpaired) electrons. The van der Waals surface area contributed by atoms with Gasteiger partial charge >= 0.3 is 5.97 Å². The Kier molecular flexibility index (Phi) is 15.0. The molecule has 11 nitrogen and oxygen atoms in total. The summed E-state index contributed by atoms with van der Waals surface area (Å²) in [5.74, 6) is -0.258. The van der Waals surface area contributed by atoms with Gasteiger partial charge in [0.25, 0.3) is 0 Å². The van der Waals surface area contributed by atoms with E-state index in [0.29, 0.717) is 30.1 Å². The Morgan fingerprint density at radius 2 is 1.39 bits per heavy atom. The molecule has 1 aliphatic heterocycles. The first-order valence-corrected chi connectivity index (χ1v) is 18.2. The minimum absolute atomic E-state index is 0.0960. The van der Waals surface area contributed by atoms with Gasteiger partial charge in [0.2, 0.25) is 0 Å². The quantitative estimate of drug-likeness (QED) is 0.0495. The molecule has 1 aliphatic rings. The summed E-state index contributed by atoms with van der Waals surface area (Å²) in [6.07, 6.45) is -2.93. The van der Waals surface area contributed by atoms with E-state index in [1.807, 2.05) is 91.9 Å². The Morgan fingerprint density at radius 3 is 1.98 bits per heavy atom. The minimum atomic E-state index is -1.02. The van der Waals surface area contributed by atoms with E-state index in [2.05, 4.69) is 0 Å². The molecule has 0 saturated carbocycles. The number of carbonyl (C=O) groups excluding carboxylic acids is 2. The van der Waals surface area contributed by atoms with E-state index < -0.39 is 30.2 Å². The van der Waals surface area contributed by atoms with Crippen LogP contribution in [-0.4, -0.2) is 61.0 Å². The van der Waals surface area contributed by atoms with Crippen LogP contribution in [0.3, 0.4) is 0 Å². The molecule has 0 amide bonds. The summed E-state index contributed by atoms with van der Waals surface area (Å²) >= 11 is 0. The van der Waals surface area contributed by atoms with Gasteiger partial charge in [-0.2, -0.15) is 0 Å². The van der Waals surface area contributed by atoms with Crippen LogP contribution in [-0.2, 0) is 50.0 Å². The third kappa shape index (κ3) is 11.4. The molecule has 4 aromatic carbocycles. The first-order chi connectivity index (χ1) is 26.1. The van der Waals surface area contributed by atoms with Gasteiger partial charge in [-0.25, -0.2) is 4.79 Å². The Morgan fingerprint density at radius 1 is 0.796 bits per heavy atom. The highest BCUT2D eigenvalue weighted by Crippen LogP contribution is 2.45. The zero-order valence-corrected chi connectivity index (χ0v) is 31.3. The van der Waals surface area contributed by atoms with E-state index in [0.717, 1.165) is 22.4 Å². The fourth-order valence-electron chi connectivity index (χ4n) is 6.23. The predicted molar refractivity (Wildman–Crippen MR) is 200 cm³/mol. The van der Waals surface area contributed by atoms with Crippen molar-refractivity contribution in [1.82, 2.24) is 0 Å². The molecule has 5 rings (SSSR count). The summed E-state index contributed by atoms with van der Waals surface area (Å²) < 4.78 is 40.8. The van der Waals surface area contributed by atoms with Crippen molar-refractivity contribution in [3.05, 3.63) is 124 Å². The number of aliphatic hydroxyl groups is 2. The summed E-state index contributed by atoms with van der Waals surface area (Å²) in [6.45, 7) is 5.70. The van der Waals surface area contributed by atoms with Gasteiger partial charge in [-0.3, -0.25) is 4.79 Å². The first-order valence-electron chi connectivity index (χ1n) is 18.2. The van der Waals surface area contributed by atoms with E-state index in [9.17, 15) is 19.8 Å². The number of cyclic esters (lactones) is 1. The van der Waals surface area contributed by atoms with Crippen LogP contribution in [0.5, 0.6) is 17.2 Å². The molecule has 0 saturated heterocycles. The number of rotatable bonds is 22. The van der Waals surface area contributed by atoms with Gasteiger partial charge in [0.15, 0.2) is 19.7 Å². The molecular formula is C43H50O11. The number of esters is 1. The number of benzene rings is 4. The third-order valence-electron chi connectivity index (χ3n) is 9.16. The maximum atomic E-state index is 13.6. The topological polar surface area (TPSA) is 139 Å². The van der Waals surface area contributed by atoms with Gasteiger partial charge in [0.1, 0.15) is 28.6 Å². The van der Waals surface area contributed by atoms with Crippen molar-refractivity contribution in [2.24, 2.45) is 5.92 Å². The molecule has 288 valence electrons. The number of hydrogen-bond donors (Lipinski definition) is 2. The van der Waals surface area contributed by atoms with Gasteiger partial charge in [-0.15, -0.1) is 0 Å². The summed E-state index contributed by atoms with van der Waals surface area (Å²) in [7, 11) is 1.61. The molecule has 0 fully saturated rings. The second kappa shape index (κ2) is 20.1. The van der Waals surface area contributed by atoms with Crippen molar-refractivity contribution >= 4 is 11.8 Å². The van der Waals surface area contributed by atoms with Crippen molar-refractivity contribution in [3.8, 4) is 17.2 Å². The molecule has 54 heavy (non-hydrogen) atoms. The first kappa shape index (κ1) is 40.4. The van der Waals surface area contributed by atoms with Gasteiger partial charge in [-0.05, 0) is 61.6 Å². The third-order valence-corrected chi connectivity index (χ3v) is 9.16. The number of aliphatic hydroxyl groups excluding tert-OH is 2. The highest BCUT2D eigenvalue weighted by atomic mass is 16.7. The number of carbonyl (C=O) groups is 2. The fourth-order valence-corrected chi connectivity index (χ4v) is 6.23. The number of methoxy groups -OCH3 is 1. The lowest BCUT2D eigenvalue weighted by Crippen LogP contribution is -2.25. The van der Waals surface area contributed by atoms with Gasteiger partial charge in [-0.1, -0.05) is 79.7 Å². The number of fused-ring (bicyclic) bond motifs is 1. The van der Waals surface area contributed by atoms with Gasteiger partial charge < -0.3 is 43.4 Å². The molecule has 4 aromatic rings. The predicted octanol–water partition coefficient (Wildman–Crippen LogP) is 6.89. The second-order valence-corrected chi connectivity index (χ2v) is 13.5. The lowest BCUT2D eigenvalue weighted by Gasteiger charge is -2.22. The standard InChI is InChI=1S/C43H50O11/c1-28(38(46)21-34(45)20-29(2)51-25-33-15-17-35(48-4)18-16-33)19-36-39(52-26-49-23-31-11-7-5-8-12-31)22-37-40(43(47)54-41(37)30(3)44)42(36)53-27-50-24-32-13-9-6-10-14-32/h5-18,22,28-30,34,41,44-45H,19-21,23-27H2,1-4H3/t28-,29-,30-,34+,41+/m0/s1. The molecule has 5 atom stereocenters. The average molecular weight is 743 g/mol. The molecule has 0 aliphatic carbocycles. The van der Waals surface area contributed by atoms with Crippen LogP contribution in [0.15, 0.2) is 91.0 Å². The summed E-state index contributed by atoms with van der Waals surface area (Å²) in [4.78, 5) is 26.9. The Hall–Kier alpha value is -4.78. The van der Waals surface area contributed by atoms with Crippen molar-refractivity contribution in [1.29, 1.82) is 0 Å². The zero-order chi connectivity index (χ0) is 38.5.